The van der Waals surface area contributed by atoms with Gasteiger partial charge in [-0.1, -0.05) is 103 Å². The van der Waals surface area contributed by atoms with E-state index in [2.05, 4.69) is 17.0 Å². The number of phosphoric acid groups is 1. The summed E-state index contributed by atoms with van der Waals surface area (Å²) < 4.78 is 57.3. The van der Waals surface area contributed by atoms with Gasteiger partial charge in [-0.3, -0.25) is 9.05 Å². The molecular weight excluding hydrogens is 768 g/mol. The van der Waals surface area contributed by atoms with E-state index in [1.54, 1.807) is 19.1 Å². The molecule has 1 aliphatic rings. The van der Waals surface area contributed by atoms with Crippen LogP contribution in [0.15, 0.2) is 30.6 Å². The predicted octanol–water partition coefficient (Wildman–Crippen LogP) is 7.96. The van der Waals surface area contributed by atoms with Crippen LogP contribution in [0.1, 0.15) is 139 Å². The van der Waals surface area contributed by atoms with Gasteiger partial charge < -0.3 is 35.1 Å². The molecule has 1 unspecified atom stereocenters. The summed E-state index contributed by atoms with van der Waals surface area (Å²) in [5.41, 5.74) is 6.14. The van der Waals surface area contributed by atoms with Crippen LogP contribution in [0.5, 0.6) is 0 Å². The summed E-state index contributed by atoms with van der Waals surface area (Å²) >= 11 is 0. The molecule has 0 saturated carbocycles. The van der Waals surface area contributed by atoms with E-state index in [1.165, 1.54) is 113 Å². The normalized spacial score (nSPS) is 21.0. The molecule has 4 rings (SSSR count). The third-order valence-corrected chi connectivity index (χ3v) is 11.9. The number of nitrogens with zero attached hydrogens (tertiary/aromatic N) is 4. The van der Waals surface area contributed by atoms with Crippen molar-refractivity contribution in [2.75, 3.05) is 32.2 Å². The monoisotopic (exact) mass is 833 g/mol. The largest absolute Gasteiger partial charge is 0.472 e. The van der Waals surface area contributed by atoms with Gasteiger partial charge in [0.05, 0.1) is 43.8 Å². The molecular formula is C42H65FN5O9P. The van der Waals surface area contributed by atoms with Gasteiger partial charge in [0, 0.05) is 12.2 Å². The zero-order chi connectivity index (χ0) is 42.0. The second-order valence-corrected chi connectivity index (χ2v) is 17.0. The SMILES string of the molecule is CCCCCCCCCCCCCCCCCCOC[C@H](COP(=O)(O)OC[C@H]1O[C@@](C)(c2ccc3c(N)ncnn23)[C@H](O)[C@@H]1O)OCc1cc(F)c(C)c(C#N)c1. The highest BCUT2D eigenvalue weighted by molar-refractivity contribution is 7.47. The number of aromatic nitrogens is 3. The number of anilines is 1. The molecule has 0 radical (unpaired) electrons. The van der Waals surface area contributed by atoms with E-state index in [9.17, 15) is 29.3 Å². The van der Waals surface area contributed by atoms with E-state index in [0.717, 1.165) is 19.3 Å². The number of benzene rings is 1. The fourth-order valence-corrected chi connectivity index (χ4v) is 8.06. The maximum atomic E-state index is 14.5. The molecule has 0 amide bonds. The van der Waals surface area contributed by atoms with Crippen LogP contribution >= 0.6 is 7.82 Å². The van der Waals surface area contributed by atoms with E-state index < -0.39 is 56.9 Å². The molecule has 1 saturated heterocycles. The number of aliphatic hydroxyl groups is 2. The number of unbranched alkanes of at least 4 members (excludes halogenated alkanes) is 15. The summed E-state index contributed by atoms with van der Waals surface area (Å²) in [5, 5.41) is 35.4. The van der Waals surface area contributed by atoms with Gasteiger partial charge >= 0.3 is 7.82 Å². The second-order valence-electron chi connectivity index (χ2n) is 15.6. The van der Waals surface area contributed by atoms with Crippen molar-refractivity contribution in [3.05, 3.63) is 58.8 Å². The lowest BCUT2D eigenvalue weighted by molar-refractivity contribution is -0.0901. The average molecular weight is 834 g/mol. The number of hydrogen-bond acceptors (Lipinski definition) is 12. The average Bonchev–Trinajstić information content (AvgIpc) is 3.75. The number of phosphoric ester groups is 1. The zero-order valence-corrected chi connectivity index (χ0v) is 35.4. The molecule has 3 heterocycles. The lowest BCUT2D eigenvalue weighted by atomic mass is 9.93. The molecule has 0 spiro atoms. The highest BCUT2D eigenvalue weighted by Gasteiger charge is 2.54. The Kier molecular flexibility index (Phi) is 19.9. The third kappa shape index (κ3) is 14.3. The molecule has 6 atom stereocenters. The Morgan fingerprint density at radius 2 is 1.60 bits per heavy atom. The number of ether oxygens (including phenoxy) is 3. The number of rotatable bonds is 29. The Balaban J connectivity index is 1.20. The molecule has 16 heteroatoms. The van der Waals surface area contributed by atoms with Gasteiger partial charge in [-0.25, -0.2) is 18.5 Å². The summed E-state index contributed by atoms with van der Waals surface area (Å²) in [6, 6.07) is 8.07. The molecule has 58 heavy (non-hydrogen) atoms. The Morgan fingerprint density at radius 3 is 2.22 bits per heavy atom. The molecule has 2 aromatic heterocycles. The van der Waals surface area contributed by atoms with Crippen molar-refractivity contribution in [1.29, 1.82) is 5.26 Å². The van der Waals surface area contributed by atoms with Gasteiger partial charge in [0.2, 0.25) is 0 Å². The molecule has 14 nitrogen and oxygen atoms in total. The van der Waals surface area contributed by atoms with Crippen molar-refractivity contribution in [2.45, 2.75) is 160 Å². The molecule has 0 aliphatic carbocycles. The van der Waals surface area contributed by atoms with Crippen LogP contribution in [0.4, 0.5) is 10.2 Å². The maximum Gasteiger partial charge on any atom is 0.472 e. The number of fused-ring (bicyclic) bond motifs is 1. The summed E-state index contributed by atoms with van der Waals surface area (Å²) in [7, 11) is -4.75. The van der Waals surface area contributed by atoms with E-state index in [4.69, 9.17) is 29.0 Å². The number of hydrogen-bond donors (Lipinski definition) is 4. The standard InChI is InChI=1S/C42H65FN5O9P/c1-4-5-6-7-8-9-10-11-12-13-14-15-16-17-18-19-22-53-27-34(54-26-32-23-33(25-44)31(2)35(43)24-32)28-55-58(51,52)56-29-37-39(49)40(50)42(3,57-37)38-21-20-36-41(45)46-30-47-48(36)38/h20-21,23-24,30,34,37,39-40,49-50H,4-19,22,26-29H2,1-3H3,(H,51,52)(H2,45,46,47)/t34-,37-,39-,40-,42+/m1/s1. The first-order chi connectivity index (χ1) is 27.9. The first kappa shape index (κ1) is 47.6. The van der Waals surface area contributed by atoms with Crippen LogP contribution in [0.3, 0.4) is 0 Å². The summed E-state index contributed by atoms with van der Waals surface area (Å²) in [6.07, 6.45) is 16.4. The minimum Gasteiger partial charge on any atom is -0.387 e. The lowest BCUT2D eigenvalue weighted by Crippen LogP contribution is -2.39. The fourth-order valence-electron chi connectivity index (χ4n) is 7.30. The van der Waals surface area contributed by atoms with Crippen molar-refractivity contribution < 1.29 is 47.3 Å². The van der Waals surface area contributed by atoms with Crippen molar-refractivity contribution in [1.82, 2.24) is 14.6 Å². The Morgan fingerprint density at radius 1 is 0.983 bits per heavy atom. The lowest BCUT2D eigenvalue weighted by Gasteiger charge is -2.27. The Hall–Kier alpha value is -3.03. The van der Waals surface area contributed by atoms with Crippen LogP contribution in [-0.4, -0.2) is 80.5 Å². The molecule has 0 bridgehead atoms. The van der Waals surface area contributed by atoms with Crippen molar-refractivity contribution in [3.8, 4) is 6.07 Å². The summed E-state index contributed by atoms with van der Waals surface area (Å²) in [6.45, 7) is 4.68. The summed E-state index contributed by atoms with van der Waals surface area (Å²) in [5.74, 6) is -0.333. The van der Waals surface area contributed by atoms with Gasteiger partial charge in [-0.15, -0.1) is 0 Å². The van der Waals surface area contributed by atoms with E-state index in [-0.39, 0.29) is 30.2 Å². The second kappa shape index (κ2) is 24.3. The third-order valence-electron chi connectivity index (χ3n) is 10.9. The Bertz CT molecular complexity index is 1780. The van der Waals surface area contributed by atoms with Crippen molar-refractivity contribution >= 4 is 19.2 Å². The topological polar surface area (TPSA) is 204 Å². The van der Waals surface area contributed by atoms with Crippen LogP contribution in [0.25, 0.3) is 5.52 Å². The molecule has 5 N–H and O–H groups in total. The van der Waals surface area contributed by atoms with Crippen molar-refractivity contribution in [2.24, 2.45) is 0 Å². The van der Waals surface area contributed by atoms with Gasteiger partial charge in [-0.2, -0.15) is 10.4 Å². The minimum absolute atomic E-state index is 0.0204. The van der Waals surface area contributed by atoms with E-state index in [1.807, 2.05) is 6.07 Å². The van der Waals surface area contributed by atoms with E-state index in [0.29, 0.717) is 23.4 Å². The molecule has 1 aliphatic heterocycles. The number of nitriles is 1. The smallest absolute Gasteiger partial charge is 0.387 e. The predicted molar refractivity (Wildman–Crippen MR) is 218 cm³/mol. The first-order valence-corrected chi connectivity index (χ1v) is 22.5. The zero-order valence-electron chi connectivity index (χ0n) is 34.5. The van der Waals surface area contributed by atoms with Crippen LogP contribution < -0.4 is 5.73 Å². The van der Waals surface area contributed by atoms with E-state index >= 15 is 0 Å². The molecule has 1 fully saturated rings. The maximum absolute atomic E-state index is 14.5. The van der Waals surface area contributed by atoms with Gasteiger partial charge in [0.1, 0.15) is 47.7 Å². The number of aliphatic hydroxyl groups excluding tert-OH is 2. The molecule has 1 aromatic carbocycles. The quantitative estimate of drug-likeness (QED) is 0.0388. The van der Waals surface area contributed by atoms with Gasteiger partial charge in [-0.05, 0) is 50.1 Å². The minimum atomic E-state index is -4.75. The number of nitrogen functional groups attached to an aromatic ring is 1. The van der Waals surface area contributed by atoms with Crippen LogP contribution in [0, 0.1) is 24.1 Å². The van der Waals surface area contributed by atoms with Crippen LogP contribution in [0.2, 0.25) is 0 Å². The first-order valence-electron chi connectivity index (χ1n) is 21.0. The highest BCUT2D eigenvalue weighted by atomic mass is 31.2. The van der Waals surface area contributed by atoms with Crippen molar-refractivity contribution in [3.63, 3.8) is 0 Å². The molecule has 3 aromatic rings. The fraction of sp³-hybridized carbons (Fsp3) is 0.690. The highest BCUT2D eigenvalue weighted by Crippen LogP contribution is 2.46. The van der Waals surface area contributed by atoms with Gasteiger partial charge in [0.15, 0.2) is 5.82 Å². The number of halogens is 1. The number of nitrogens with two attached hydrogens (primary N) is 1. The molecule has 324 valence electrons. The summed E-state index contributed by atoms with van der Waals surface area (Å²) in [4.78, 5) is 14.6. The Labute approximate surface area is 342 Å². The van der Waals surface area contributed by atoms with Crippen LogP contribution in [-0.2, 0) is 40.0 Å². The van der Waals surface area contributed by atoms with Gasteiger partial charge in [0.25, 0.3) is 0 Å².